The normalized spacial score (nSPS) is 10.6. The number of benzene rings is 1. The Morgan fingerprint density at radius 1 is 1.36 bits per heavy atom. The lowest BCUT2D eigenvalue weighted by Crippen LogP contribution is -1.96. The average molecular weight is 209 g/mol. The summed E-state index contributed by atoms with van der Waals surface area (Å²) < 4.78 is 5.47. The molecule has 0 aromatic heterocycles. The van der Waals surface area contributed by atoms with Crippen LogP contribution in [0.25, 0.3) is 0 Å². The molecule has 0 N–H and O–H groups in total. The Kier molecular flexibility index (Phi) is 4.33. The Labute approximate surface area is 90.9 Å². The molecule has 14 heavy (non-hydrogen) atoms. The lowest BCUT2D eigenvalue weighted by molar-refractivity contribution is 0.339. The molecule has 0 aliphatic rings. The lowest BCUT2D eigenvalue weighted by Gasteiger charge is -2.12. The van der Waals surface area contributed by atoms with Gasteiger partial charge in [-0.2, -0.15) is 0 Å². The molecule has 0 aliphatic heterocycles. The predicted octanol–water partition coefficient (Wildman–Crippen LogP) is 3.77. The van der Waals surface area contributed by atoms with Gasteiger partial charge >= 0.3 is 0 Å². The van der Waals surface area contributed by atoms with Crippen LogP contribution in [0.5, 0.6) is 5.75 Å². The molecule has 0 heterocycles. The van der Waals surface area contributed by atoms with Gasteiger partial charge in [0.2, 0.25) is 0 Å². The highest BCUT2D eigenvalue weighted by atomic mass is 32.2. The second kappa shape index (κ2) is 5.30. The molecule has 0 spiro atoms. The first-order valence-corrected chi connectivity index (χ1v) is 6.03. The van der Waals surface area contributed by atoms with E-state index >= 15 is 0 Å². The van der Waals surface area contributed by atoms with E-state index in [9.17, 15) is 0 Å². The molecule has 0 amide bonds. The van der Waals surface area contributed by atoms with Crippen molar-refractivity contribution >= 4 is 11.8 Å². The van der Waals surface area contributed by atoms with Gasteiger partial charge in [0.05, 0.1) is 6.61 Å². The van der Waals surface area contributed by atoms with Gasteiger partial charge in [-0.25, -0.2) is 0 Å². The maximum absolute atomic E-state index is 5.47. The van der Waals surface area contributed by atoms with E-state index in [0.29, 0.717) is 0 Å². The molecule has 1 nitrogen and oxygen atoms in total. The van der Waals surface area contributed by atoms with Gasteiger partial charge in [0.25, 0.3) is 0 Å². The molecule has 77 valence electrons. The number of thioether (sulfide) groups is 1. The van der Waals surface area contributed by atoms with Crippen molar-refractivity contribution < 1.29 is 4.74 Å². The first-order valence-electron chi connectivity index (χ1n) is 4.80. The summed E-state index contributed by atoms with van der Waals surface area (Å²) in [6.45, 7) is 6.99. The van der Waals surface area contributed by atoms with Gasteiger partial charge in [-0.15, -0.1) is 11.8 Å². The van der Waals surface area contributed by atoms with Gasteiger partial charge in [-0.05, 0) is 36.9 Å². The molecule has 0 bridgehead atoms. The van der Waals surface area contributed by atoms with Gasteiger partial charge in [-0.1, -0.05) is 13.8 Å². The van der Waals surface area contributed by atoms with E-state index in [4.69, 9.17) is 4.74 Å². The summed E-state index contributed by atoms with van der Waals surface area (Å²) in [5, 5.41) is 0. The molecule has 0 unspecified atom stereocenters. The van der Waals surface area contributed by atoms with Gasteiger partial charge in [0.1, 0.15) is 5.75 Å². The Morgan fingerprint density at radius 2 is 2.07 bits per heavy atom. The van der Waals surface area contributed by atoms with Crippen molar-refractivity contribution in [2.45, 2.75) is 25.7 Å². The van der Waals surface area contributed by atoms with Crippen molar-refractivity contribution in [1.29, 1.82) is 0 Å². The van der Waals surface area contributed by atoms with E-state index in [1.54, 1.807) is 11.8 Å². The van der Waals surface area contributed by atoms with Crippen LogP contribution in [0.15, 0.2) is 23.1 Å². The van der Waals surface area contributed by atoms with Crippen LogP contribution in [-0.2, 0) is 0 Å². The summed E-state index contributed by atoms with van der Waals surface area (Å²) in [4.78, 5) is 1.31. The average Bonchev–Trinajstić information content (AvgIpc) is 2.18. The SMILES string of the molecule is CCOc1ccc(SC)c([C](C)C)c1. The minimum Gasteiger partial charge on any atom is -0.494 e. The van der Waals surface area contributed by atoms with Gasteiger partial charge in [0.15, 0.2) is 0 Å². The number of ether oxygens (including phenoxy) is 1. The van der Waals surface area contributed by atoms with Crippen molar-refractivity contribution in [2.24, 2.45) is 0 Å². The number of rotatable bonds is 4. The zero-order valence-electron chi connectivity index (χ0n) is 9.26. The first-order chi connectivity index (χ1) is 6.69. The van der Waals surface area contributed by atoms with Crippen molar-refractivity contribution in [2.75, 3.05) is 12.9 Å². The molecular weight excluding hydrogens is 192 g/mol. The first kappa shape index (κ1) is 11.4. The number of hydrogen-bond acceptors (Lipinski definition) is 2. The standard InChI is InChI=1S/C12H17OS/c1-5-13-10-6-7-12(14-4)11(8-10)9(2)3/h6-8H,5H2,1-4H3. The molecule has 1 aromatic rings. The lowest BCUT2D eigenvalue weighted by atomic mass is 10.0. The van der Waals surface area contributed by atoms with Crippen LogP contribution < -0.4 is 4.74 Å². The molecule has 2 heteroatoms. The van der Waals surface area contributed by atoms with Gasteiger partial charge in [-0.3, -0.25) is 0 Å². The molecule has 0 aliphatic carbocycles. The second-order valence-corrected chi connectivity index (χ2v) is 4.14. The molecule has 1 rings (SSSR count). The monoisotopic (exact) mass is 209 g/mol. The highest BCUT2D eigenvalue weighted by Crippen LogP contribution is 2.29. The molecular formula is C12H17OS. The van der Waals surface area contributed by atoms with Crippen LogP contribution in [-0.4, -0.2) is 12.9 Å². The van der Waals surface area contributed by atoms with E-state index in [-0.39, 0.29) is 0 Å². The third kappa shape index (κ3) is 2.68. The van der Waals surface area contributed by atoms with Crippen LogP contribution in [0, 0.1) is 5.92 Å². The summed E-state index contributed by atoms with van der Waals surface area (Å²) in [6.07, 6.45) is 2.10. The van der Waals surface area contributed by atoms with Crippen LogP contribution in [0.3, 0.4) is 0 Å². The van der Waals surface area contributed by atoms with Crippen molar-refractivity contribution in [1.82, 2.24) is 0 Å². The fourth-order valence-electron chi connectivity index (χ4n) is 1.33. The fourth-order valence-corrected chi connectivity index (χ4v) is 2.02. The van der Waals surface area contributed by atoms with Gasteiger partial charge in [0, 0.05) is 10.8 Å². The largest absolute Gasteiger partial charge is 0.494 e. The zero-order chi connectivity index (χ0) is 10.6. The molecule has 1 radical (unpaired) electrons. The summed E-state index contributed by atoms with van der Waals surface area (Å²) in [6, 6.07) is 6.27. The summed E-state index contributed by atoms with van der Waals surface area (Å²) in [7, 11) is 0. The van der Waals surface area contributed by atoms with E-state index in [0.717, 1.165) is 12.4 Å². The Hall–Kier alpha value is -0.630. The Bertz CT molecular complexity index is 294. The van der Waals surface area contributed by atoms with Crippen LogP contribution in [0.4, 0.5) is 0 Å². The quantitative estimate of drug-likeness (QED) is 0.698. The van der Waals surface area contributed by atoms with E-state index < -0.39 is 0 Å². The van der Waals surface area contributed by atoms with Crippen LogP contribution in [0.2, 0.25) is 0 Å². The molecule has 0 saturated heterocycles. The minimum absolute atomic E-state index is 0.723. The molecule has 1 aromatic carbocycles. The van der Waals surface area contributed by atoms with Gasteiger partial charge < -0.3 is 4.74 Å². The van der Waals surface area contributed by atoms with Crippen molar-refractivity contribution in [3.8, 4) is 5.75 Å². The minimum atomic E-state index is 0.723. The third-order valence-corrected chi connectivity index (χ3v) is 2.82. The predicted molar refractivity (Wildman–Crippen MR) is 63.1 cm³/mol. The summed E-state index contributed by atoms with van der Waals surface area (Å²) in [5.74, 6) is 2.29. The van der Waals surface area contributed by atoms with Crippen LogP contribution in [0.1, 0.15) is 26.3 Å². The zero-order valence-corrected chi connectivity index (χ0v) is 10.1. The van der Waals surface area contributed by atoms with E-state index in [2.05, 4.69) is 32.2 Å². The highest BCUT2D eigenvalue weighted by molar-refractivity contribution is 7.98. The smallest absolute Gasteiger partial charge is 0.119 e. The van der Waals surface area contributed by atoms with E-state index in [1.165, 1.54) is 16.4 Å². The highest BCUT2D eigenvalue weighted by Gasteiger charge is 2.07. The topological polar surface area (TPSA) is 9.23 Å². The third-order valence-electron chi connectivity index (χ3n) is 2.02. The summed E-state index contributed by atoms with van der Waals surface area (Å²) in [5.41, 5.74) is 1.29. The second-order valence-electron chi connectivity index (χ2n) is 3.30. The fraction of sp³-hybridized carbons (Fsp3) is 0.417. The molecule has 0 fully saturated rings. The van der Waals surface area contributed by atoms with Crippen LogP contribution >= 0.6 is 11.8 Å². The maximum atomic E-state index is 5.47. The number of hydrogen-bond donors (Lipinski definition) is 0. The summed E-state index contributed by atoms with van der Waals surface area (Å²) >= 11 is 1.77. The maximum Gasteiger partial charge on any atom is 0.119 e. The Morgan fingerprint density at radius 3 is 2.57 bits per heavy atom. The van der Waals surface area contributed by atoms with E-state index in [1.807, 2.05) is 13.0 Å². The molecule has 0 saturated carbocycles. The Balaban J connectivity index is 3.01. The van der Waals surface area contributed by atoms with Crippen molar-refractivity contribution in [3.05, 3.63) is 29.7 Å². The molecule has 0 atom stereocenters. The van der Waals surface area contributed by atoms with Crippen molar-refractivity contribution in [3.63, 3.8) is 0 Å².